The van der Waals surface area contributed by atoms with Gasteiger partial charge in [0.1, 0.15) is 12.1 Å². The molecule has 0 aliphatic heterocycles. The molecule has 0 bridgehead atoms. The third-order valence-electron chi connectivity index (χ3n) is 6.51. The summed E-state index contributed by atoms with van der Waals surface area (Å²) in [6, 6.07) is 16.2. The predicted octanol–water partition coefficient (Wildman–Crippen LogP) is 4.80. The maximum atomic E-state index is 12.5. The van der Waals surface area contributed by atoms with Crippen LogP contribution in [0.1, 0.15) is 50.7 Å². The van der Waals surface area contributed by atoms with Crippen LogP contribution in [0.4, 0.5) is 4.79 Å². The minimum absolute atomic E-state index is 0.0157. The Labute approximate surface area is 171 Å². The van der Waals surface area contributed by atoms with Gasteiger partial charge in [0, 0.05) is 5.92 Å². The number of alkyl carbamates (subject to hydrolysis) is 1. The number of hydrogen-bond donors (Lipinski definition) is 2. The molecule has 152 valence electrons. The van der Waals surface area contributed by atoms with Crippen LogP contribution in [-0.2, 0) is 9.53 Å². The van der Waals surface area contributed by atoms with E-state index in [1.807, 2.05) is 24.3 Å². The summed E-state index contributed by atoms with van der Waals surface area (Å²) >= 11 is 0. The number of carbonyl (C=O) groups excluding carboxylic acids is 1. The van der Waals surface area contributed by atoms with E-state index in [0.29, 0.717) is 12.8 Å². The molecular weight excluding hydrogens is 366 g/mol. The van der Waals surface area contributed by atoms with E-state index in [4.69, 9.17) is 4.74 Å². The molecule has 0 aromatic heterocycles. The second kappa shape index (κ2) is 6.90. The lowest BCUT2D eigenvalue weighted by Crippen LogP contribution is -2.64. The smallest absolute Gasteiger partial charge is 0.408 e. The van der Waals surface area contributed by atoms with Gasteiger partial charge in [0.2, 0.25) is 0 Å². The molecule has 0 radical (unpaired) electrons. The van der Waals surface area contributed by atoms with Crippen LogP contribution in [0.2, 0.25) is 0 Å². The number of ether oxygens (including phenoxy) is 1. The molecule has 0 saturated heterocycles. The highest BCUT2D eigenvalue weighted by Gasteiger charge is 2.55. The molecule has 0 heterocycles. The Kier molecular flexibility index (Phi) is 4.64. The monoisotopic (exact) mass is 393 g/mol. The summed E-state index contributed by atoms with van der Waals surface area (Å²) < 4.78 is 5.53. The van der Waals surface area contributed by atoms with Crippen LogP contribution in [0.5, 0.6) is 0 Å². The number of carboxylic acid groups (broad SMARTS) is 1. The quantitative estimate of drug-likeness (QED) is 0.782. The van der Waals surface area contributed by atoms with Crippen LogP contribution in [0, 0.1) is 11.3 Å². The molecule has 29 heavy (non-hydrogen) atoms. The lowest BCUT2D eigenvalue weighted by molar-refractivity contribution is -0.153. The van der Waals surface area contributed by atoms with Gasteiger partial charge >= 0.3 is 12.1 Å². The van der Waals surface area contributed by atoms with Crippen LogP contribution >= 0.6 is 0 Å². The predicted molar refractivity (Wildman–Crippen MR) is 111 cm³/mol. The van der Waals surface area contributed by atoms with E-state index < -0.39 is 17.6 Å². The molecule has 1 fully saturated rings. The summed E-state index contributed by atoms with van der Waals surface area (Å²) in [5.74, 6) is -0.781. The van der Waals surface area contributed by atoms with Crippen molar-refractivity contribution in [2.45, 2.75) is 45.1 Å². The SMILES string of the molecule is CC(C)(C)C1CC(NC(=O)OCC2c3ccccc3-c3ccccc32)(C(=O)O)C1. The Morgan fingerprint density at radius 3 is 2.03 bits per heavy atom. The Morgan fingerprint density at radius 1 is 1.03 bits per heavy atom. The van der Waals surface area contributed by atoms with Gasteiger partial charge in [-0.1, -0.05) is 69.3 Å². The number of rotatable bonds is 4. The van der Waals surface area contributed by atoms with Crippen LogP contribution in [-0.4, -0.2) is 29.3 Å². The summed E-state index contributed by atoms with van der Waals surface area (Å²) in [6.45, 7) is 6.46. The molecular formula is C24H27NO4. The van der Waals surface area contributed by atoms with E-state index in [-0.39, 0.29) is 23.9 Å². The van der Waals surface area contributed by atoms with Crippen molar-refractivity contribution < 1.29 is 19.4 Å². The fourth-order valence-electron chi connectivity index (χ4n) is 4.55. The molecule has 5 heteroatoms. The Bertz CT molecular complexity index is 908. The Balaban J connectivity index is 1.45. The normalized spacial score (nSPS) is 22.9. The van der Waals surface area contributed by atoms with Crippen LogP contribution in [0.15, 0.2) is 48.5 Å². The fraction of sp³-hybridized carbons (Fsp3) is 0.417. The van der Waals surface area contributed by atoms with E-state index in [2.05, 4.69) is 50.4 Å². The standard InChI is InChI=1S/C24H27NO4/c1-23(2,3)15-12-24(13-15,21(26)27)25-22(28)29-14-20-18-10-6-4-8-16(18)17-9-5-7-11-19(17)20/h4-11,15,20H,12-14H2,1-3H3,(H,25,28)(H,26,27). The molecule has 0 atom stereocenters. The topological polar surface area (TPSA) is 75.6 Å². The van der Waals surface area contributed by atoms with Crippen molar-refractivity contribution in [1.29, 1.82) is 0 Å². The van der Waals surface area contributed by atoms with Crippen LogP contribution in [0.25, 0.3) is 11.1 Å². The molecule has 1 amide bonds. The lowest BCUT2D eigenvalue weighted by atomic mass is 9.59. The highest BCUT2D eigenvalue weighted by molar-refractivity contribution is 5.86. The number of benzene rings is 2. The third kappa shape index (κ3) is 3.39. The van der Waals surface area contributed by atoms with Gasteiger partial charge in [0.15, 0.2) is 0 Å². The minimum atomic E-state index is -1.22. The minimum Gasteiger partial charge on any atom is -0.480 e. The van der Waals surface area contributed by atoms with E-state index in [1.165, 1.54) is 0 Å². The average Bonchev–Trinajstić information content (AvgIpc) is 2.95. The van der Waals surface area contributed by atoms with E-state index >= 15 is 0 Å². The number of carbonyl (C=O) groups is 2. The zero-order valence-electron chi connectivity index (χ0n) is 17.1. The zero-order chi connectivity index (χ0) is 20.8. The molecule has 5 nitrogen and oxygen atoms in total. The van der Waals surface area contributed by atoms with Gasteiger partial charge in [-0.2, -0.15) is 0 Å². The summed E-state index contributed by atoms with van der Waals surface area (Å²) in [7, 11) is 0. The van der Waals surface area contributed by atoms with Crippen LogP contribution in [0.3, 0.4) is 0 Å². The van der Waals surface area contributed by atoms with E-state index in [1.54, 1.807) is 0 Å². The second-order valence-corrected chi connectivity index (χ2v) is 9.31. The first-order chi connectivity index (χ1) is 13.7. The second-order valence-electron chi connectivity index (χ2n) is 9.31. The lowest BCUT2D eigenvalue weighted by Gasteiger charge is -2.49. The summed E-state index contributed by atoms with van der Waals surface area (Å²) in [5, 5.41) is 12.3. The summed E-state index contributed by atoms with van der Waals surface area (Å²) in [6.07, 6.45) is 0.188. The molecule has 2 aromatic carbocycles. The molecule has 2 aliphatic carbocycles. The number of hydrogen-bond acceptors (Lipinski definition) is 3. The number of carboxylic acids is 1. The molecule has 4 rings (SSSR count). The number of fused-ring (bicyclic) bond motifs is 3. The third-order valence-corrected chi connectivity index (χ3v) is 6.51. The summed E-state index contributed by atoms with van der Waals surface area (Å²) in [4.78, 5) is 24.3. The number of amides is 1. The van der Waals surface area contributed by atoms with E-state index in [0.717, 1.165) is 22.3 Å². The van der Waals surface area contributed by atoms with Gasteiger partial charge in [-0.15, -0.1) is 0 Å². The highest BCUT2D eigenvalue weighted by Crippen LogP contribution is 2.48. The molecule has 0 spiro atoms. The zero-order valence-corrected chi connectivity index (χ0v) is 17.1. The van der Waals surface area contributed by atoms with Gasteiger partial charge in [-0.05, 0) is 46.4 Å². The van der Waals surface area contributed by atoms with Gasteiger partial charge < -0.3 is 15.2 Å². The number of aliphatic carboxylic acids is 1. The first kappa shape index (κ1) is 19.5. The van der Waals surface area contributed by atoms with Crippen molar-refractivity contribution in [3.8, 4) is 11.1 Å². The molecule has 2 aliphatic rings. The van der Waals surface area contributed by atoms with Gasteiger partial charge in [0.25, 0.3) is 0 Å². The van der Waals surface area contributed by atoms with E-state index in [9.17, 15) is 14.7 Å². The Morgan fingerprint density at radius 2 is 1.55 bits per heavy atom. The van der Waals surface area contributed by atoms with Crippen molar-refractivity contribution >= 4 is 12.1 Å². The van der Waals surface area contributed by atoms with Gasteiger partial charge in [-0.25, -0.2) is 9.59 Å². The first-order valence-electron chi connectivity index (χ1n) is 10.1. The molecule has 0 unspecified atom stereocenters. The molecule has 2 aromatic rings. The van der Waals surface area contributed by atoms with Crippen molar-refractivity contribution in [2.75, 3.05) is 6.61 Å². The maximum Gasteiger partial charge on any atom is 0.408 e. The molecule has 2 N–H and O–H groups in total. The molecule has 1 saturated carbocycles. The first-order valence-corrected chi connectivity index (χ1v) is 10.1. The highest BCUT2D eigenvalue weighted by atomic mass is 16.5. The van der Waals surface area contributed by atoms with Crippen LogP contribution < -0.4 is 5.32 Å². The summed E-state index contributed by atoms with van der Waals surface area (Å²) in [5.41, 5.74) is 3.37. The Hall–Kier alpha value is -2.82. The van der Waals surface area contributed by atoms with Crippen molar-refractivity contribution in [3.05, 3.63) is 59.7 Å². The van der Waals surface area contributed by atoms with Crippen molar-refractivity contribution in [1.82, 2.24) is 5.32 Å². The van der Waals surface area contributed by atoms with Crippen molar-refractivity contribution in [3.63, 3.8) is 0 Å². The van der Waals surface area contributed by atoms with Gasteiger partial charge in [-0.3, -0.25) is 0 Å². The largest absolute Gasteiger partial charge is 0.480 e. The van der Waals surface area contributed by atoms with Crippen molar-refractivity contribution in [2.24, 2.45) is 11.3 Å². The fourth-order valence-corrected chi connectivity index (χ4v) is 4.55. The average molecular weight is 393 g/mol. The number of nitrogens with one attached hydrogen (secondary N) is 1. The maximum absolute atomic E-state index is 12.5. The van der Waals surface area contributed by atoms with Gasteiger partial charge in [0.05, 0.1) is 0 Å².